The molecule has 1 atom stereocenters. The van der Waals surface area contributed by atoms with Gasteiger partial charge in [0.05, 0.1) is 12.2 Å². The van der Waals surface area contributed by atoms with Crippen molar-refractivity contribution in [2.75, 3.05) is 11.9 Å². The van der Waals surface area contributed by atoms with Gasteiger partial charge in [0.1, 0.15) is 16.7 Å². The number of carbonyl (C=O) groups is 1. The monoisotopic (exact) mass is 421 g/mol. The molecule has 0 saturated heterocycles. The summed E-state index contributed by atoms with van der Waals surface area (Å²) >= 11 is 0. The topological polar surface area (TPSA) is 96.9 Å². The van der Waals surface area contributed by atoms with Crippen LogP contribution in [0.15, 0.2) is 94.2 Å². The summed E-state index contributed by atoms with van der Waals surface area (Å²) in [5, 5.41) is 5.50. The van der Waals surface area contributed by atoms with Crippen LogP contribution in [0.3, 0.4) is 0 Å². The second-order valence-electron chi connectivity index (χ2n) is 6.58. The molecule has 30 heavy (non-hydrogen) atoms. The zero-order valence-corrected chi connectivity index (χ0v) is 16.7. The van der Waals surface area contributed by atoms with Crippen LogP contribution in [0.25, 0.3) is 0 Å². The highest BCUT2D eigenvalue weighted by atomic mass is 32.2. The first-order valence-electron chi connectivity index (χ1n) is 9.29. The van der Waals surface area contributed by atoms with Crippen molar-refractivity contribution in [2.45, 2.75) is 11.0 Å². The first-order valence-corrected chi connectivity index (χ1v) is 10.7. The fourth-order valence-corrected chi connectivity index (χ4v) is 4.16. The van der Waals surface area contributed by atoms with E-state index in [9.17, 15) is 13.2 Å². The van der Waals surface area contributed by atoms with Crippen molar-refractivity contribution in [3.05, 3.63) is 90.5 Å². The number of nitrogens with zero attached hydrogens (tertiary/aromatic N) is 1. The van der Waals surface area contributed by atoms with Crippen molar-refractivity contribution < 1.29 is 17.9 Å². The van der Waals surface area contributed by atoms with Crippen molar-refractivity contribution in [1.29, 1.82) is 0 Å². The Kier molecular flexibility index (Phi) is 5.49. The van der Waals surface area contributed by atoms with E-state index in [1.807, 2.05) is 60.7 Å². The van der Waals surface area contributed by atoms with Gasteiger partial charge < -0.3 is 15.4 Å². The first-order chi connectivity index (χ1) is 14.5. The van der Waals surface area contributed by atoms with Gasteiger partial charge in [-0.25, -0.2) is 0 Å². The number of anilines is 1. The smallest absolute Gasteiger partial charge is 0.288 e. The van der Waals surface area contributed by atoms with E-state index < -0.39 is 22.0 Å². The summed E-state index contributed by atoms with van der Waals surface area (Å²) in [5.41, 5.74) is 1.19. The molecular formula is C22H19N3O4S. The lowest BCUT2D eigenvalue weighted by molar-refractivity contribution is -0.115. The van der Waals surface area contributed by atoms with E-state index in [2.05, 4.69) is 15.0 Å². The van der Waals surface area contributed by atoms with Gasteiger partial charge in [-0.2, -0.15) is 8.42 Å². The maximum absolute atomic E-state index is 12.7. The SMILES string of the molecule is O=C(NCC(Oc1ccccc1)c1ccccc1)C1=NS(=O)(=O)c2ccccc2N1. The zero-order valence-electron chi connectivity index (χ0n) is 15.9. The average molecular weight is 421 g/mol. The molecule has 1 unspecified atom stereocenters. The maximum Gasteiger partial charge on any atom is 0.288 e. The van der Waals surface area contributed by atoms with Crippen LogP contribution in [-0.2, 0) is 14.8 Å². The fourth-order valence-electron chi connectivity index (χ4n) is 3.04. The molecule has 8 heteroatoms. The maximum atomic E-state index is 12.7. The Hall–Kier alpha value is -3.65. The van der Waals surface area contributed by atoms with Crippen molar-refractivity contribution in [1.82, 2.24) is 5.32 Å². The van der Waals surface area contributed by atoms with Crippen LogP contribution >= 0.6 is 0 Å². The summed E-state index contributed by atoms with van der Waals surface area (Å²) < 4.78 is 34.4. The number of amidine groups is 1. The number of para-hydroxylation sites is 2. The van der Waals surface area contributed by atoms with E-state index in [4.69, 9.17) is 4.74 Å². The molecule has 0 saturated carbocycles. The Morgan fingerprint density at radius 3 is 2.30 bits per heavy atom. The largest absolute Gasteiger partial charge is 0.484 e. The third kappa shape index (κ3) is 4.33. The lowest BCUT2D eigenvalue weighted by atomic mass is 10.1. The number of nitrogens with one attached hydrogen (secondary N) is 2. The number of fused-ring (bicyclic) bond motifs is 1. The molecule has 0 radical (unpaired) electrons. The van der Waals surface area contributed by atoms with Gasteiger partial charge in [-0.15, -0.1) is 4.40 Å². The third-order valence-electron chi connectivity index (χ3n) is 4.49. The number of sulfonamides is 1. The molecule has 3 aromatic carbocycles. The lowest BCUT2D eigenvalue weighted by Gasteiger charge is -2.21. The molecule has 0 bridgehead atoms. The Balaban J connectivity index is 1.51. The number of hydrogen-bond donors (Lipinski definition) is 2. The molecule has 1 heterocycles. The average Bonchev–Trinajstić information content (AvgIpc) is 2.77. The van der Waals surface area contributed by atoms with Gasteiger partial charge in [-0.3, -0.25) is 4.79 Å². The molecule has 1 aliphatic rings. The predicted octanol–water partition coefficient (Wildman–Crippen LogP) is 3.14. The standard InChI is InChI=1S/C22H19N3O4S/c26-22(21-24-18-13-7-8-14-20(18)30(27,28)25-21)23-15-19(16-9-3-1-4-10-16)29-17-11-5-2-6-12-17/h1-14,19H,15H2,(H,23,26)(H,24,25). The fraction of sp³-hybridized carbons (Fsp3) is 0.0909. The van der Waals surface area contributed by atoms with E-state index in [1.165, 1.54) is 6.07 Å². The van der Waals surface area contributed by atoms with Gasteiger partial charge in [-0.1, -0.05) is 60.7 Å². The Bertz CT molecular complexity index is 1180. The highest BCUT2D eigenvalue weighted by molar-refractivity contribution is 7.90. The van der Waals surface area contributed by atoms with E-state index >= 15 is 0 Å². The minimum Gasteiger partial charge on any atom is -0.484 e. The number of hydrogen-bond acceptors (Lipinski definition) is 5. The van der Waals surface area contributed by atoms with E-state index in [0.29, 0.717) is 11.4 Å². The van der Waals surface area contributed by atoms with Gasteiger partial charge in [-0.05, 0) is 29.8 Å². The summed E-state index contributed by atoms with van der Waals surface area (Å²) in [6, 6.07) is 25.0. The molecule has 0 fully saturated rings. The van der Waals surface area contributed by atoms with Crippen LogP contribution in [0.5, 0.6) is 5.75 Å². The third-order valence-corrected chi connectivity index (χ3v) is 5.82. The molecular weight excluding hydrogens is 402 g/mol. The van der Waals surface area contributed by atoms with E-state index in [1.54, 1.807) is 18.2 Å². The number of rotatable bonds is 6. The Labute approximate surface area is 174 Å². The molecule has 7 nitrogen and oxygen atoms in total. The van der Waals surface area contributed by atoms with Crippen LogP contribution in [0.2, 0.25) is 0 Å². The second kappa shape index (κ2) is 8.38. The molecule has 3 aromatic rings. The van der Waals surface area contributed by atoms with Gasteiger partial charge in [0.2, 0.25) is 5.84 Å². The highest BCUT2D eigenvalue weighted by Crippen LogP contribution is 2.26. The van der Waals surface area contributed by atoms with Crippen molar-refractivity contribution >= 4 is 27.5 Å². The summed E-state index contributed by atoms with van der Waals surface area (Å²) in [4.78, 5) is 12.7. The van der Waals surface area contributed by atoms with Crippen LogP contribution in [0, 0.1) is 0 Å². The van der Waals surface area contributed by atoms with Crippen LogP contribution in [-0.4, -0.2) is 26.7 Å². The highest BCUT2D eigenvalue weighted by Gasteiger charge is 2.28. The first kappa shape index (κ1) is 19.7. The summed E-state index contributed by atoms with van der Waals surface area (Å²) in [7, 11) is -3.94. The molecule has 0 spiro atoms. The number of benzene rings is 3. The van der Waals surface area contributed by atoms with Gasteiger partial charge in [0.25, 0.3) is 15.9 Å². The quantitative estimate of drug-likeness (QED) is 0.637. The molecule has 2 N–H and O–H groups in total. The summed E-state index contributed by atoms with van der Waals surface area (Å²) in [5.74, 6) is -0.254. The molecule has 1 aliphatic heterocycles. The minimum absolute atomic E-state index is 0.0381. The van der Waals surface area contributed by atoms with Crippen LogP contribution in [0.4, 0.5) is 5.69 Å². The van der Waals surface area contributed by atoms with Crippen molar-refractivity contribution in [2.24, 2.45) is 4.40 Å². The van der Waals surface area contributed by atoms with Crippen molar-refractivity contribution in [3.63, 3.8) is 0 Å². The second-order valence-corrected chi connectivity index (χ2v) is 8.15. The van der Waals surface area contributed by atoms with Gasteiger partial charge in [0.15, 0.2) is 0 Å². The van der Waals surface area contributed by atoms with Crippen molar-refractivity contribution in [3.8, 4) is 5.75 Å². The van der Waals surface area contributed by atoms with Gasteiger partial charge in [0, 0.05) is 0 Å². The van der Waals surface area contributed by atoms with E-state index in [0.717, 1.165) is 5.56 Å². The zero-order chi connectivity index (χ0) is 21.0. The Morgan fingerprint density at radius 1 is 0.933 bits per heavy atom. The van der Waals surface area contributed by atoms with Crippen LogP contribution in [0.1, 0.15) is 11.7 Å². The molecule has 0 aliphatic carbocycles. The number of carbonyl (C=O) groups excluding carboxylic acids is 1. The number of ether oxygens (including phenoxy) is 1. The van der Waals surface area contributed by atoms with E-state index in [-0.39, 0.29) is 17.3 Å². The lowest BCUT2D eigenvalue weighted by Crippen LogP contribution is -2.40. The summed E-state index contributed by atoms with van der Waals surface area (Å²) in [6.07, 6.45) is -0.467. The summed E-state index contributed by atoms with van der Waals surface area (Å²) in [6.45, 7) is 0.125. The normalized spacial score (nSPS) is 15.1. The molecule has 4 rings (SSSR count). The number of amides is 1. The predicted molar refractivity (Wildman–Crippen MR) is 114 cm³/mol. The molecule has 0 aromatic heterocycles. The van der Waals surface area contributed by atoms with Crippen LogP contribution < -0.4 is 15.4 Å². The van der Waals surface area contributed by atoms with Gasteiger partial charge >= 0.3 is 0 Å². The Morgan fingerprint density at radius 2 is 1.57 bits per heavy atom. The minimum atomic E-state index is -3.94. The molecule has 1 amide bonds. The molecule has 152 valence electrons.